The van der Waals surface area contributed by atoms with E-state index in [0.717, 1.165) is 18.2 Å². The highest BCUT2D eigenvalue weighted by Gasteiger charge is 2.14. The van der Waals surface area contributed by atoms with Crippen molar-refractivity contribution in [3.63, 3.8) is 0 Å². The van der Waals surface area contributed by atoms with Crippen molar-refractivity contribution < 1.29 is 24.0 Å². The number of carboxylic acid groups (broad SMARTS) is 1. The Labute approximate surface area is 122 Å². The number of carbonyl (C=O) groups is 1. The number of hydrogen-bond donors (Lipinski definition) is 1. The summed E-state index contributed by atoms with van der Waals surface area (Å²) in [7, 11) is 0. The number of rotatable bonds is 4. The number of benzene rings is 2. The van der Waals surface area contributed by atoms with E-state index in [4.69, 9.17) is 21.4 Å². The van der Waals surface area contributed by atoms with E-state index in [1.54, 1.807) is 0 Å². The molecule has 0 unspecified atom stereocenters. The maximum absolute atomic E-state index is 13.6. The lowest BCUT2D eigenvalue weighted by Crippen LogP contribution is -1.98. The van der Waals surface area contributed by atoms with Crippen LogP contribution in [0.5, 0.6) is 11.5 Å². The Morgan fingerprint density at radius 1 is 1.29 bits per heavy atom. The van der Waals surface area contributed by atoms with Crippen molar-refractivity contribution in [3.8, 4) is 11.5 Å². The smallest absolute Gasteiger partial charge is 0.337 e. The first-order valence-corrected chi connectivity index (χ1v) is 5.91. The SMILES string of the molecule is O=C(O)c1ccc(Oc2ccc([N+](=O)[O-])cc2F)cc1Cl. The molecular formula is C13H7ClFNO5. The highest BCUT2D eigenvalue weighted by atomic mass is 35.5. The summed E-state index contributed by atoms with van der Waals surface area (Å²) in [5, 5.41) is 19.3. The van der Waals surface area contributed by atoms with Crippen LogP contribution in [0.2, 0.25) is 5.02 Å². The molecule has 0 aliphatic rings. The summed E-state index contributed by atoms with van der Waals surface area (Å²) in [6.45, 7) is 0. The van der Waals surface area contributed by atoms with Gasteiger partial charge >= 0.3 is 5.97 Å². The molecule has 0 spiro atoms. The first-order valence-electron chi connectivity index (χ1n) is 5.53. The second kappa shape index (κ2) is 5.76. The van der Waals surface area contributed by atoms with E-state index < -0.39 is 22.4 Å². The summed E-state index contributed by atoms with van der Waals surface area (Å²) in [6.07, 6.45) is 0. The van der Waals surface area contributed by atoms with Gasteiger partial charge in [-0.15, -0.1) is 0 Å². The lowest BCUT2D eigenvalue weighted by molar-refractivity contribution is -0.385. The zero-order chi connectivity index (χ0) is 15.6. The molecule has 1 N–H and O–H groups in total. The Morgan fingerprint density at radius 2 is 2.00 bits per heavy atom. The van der Waals surface area contributed by atoms with Gasteiger partial charge in [-0.1, -0.05) is 11.6 Å². The third-order valence-corrected chi connectivity index (χ3v) is 2.84. The van der Waals surface area contributed by atoms with Crippen LogP contribution in [0.3, 0.4) is 0 Å². The minimum atomic E-state index is -1.20. The van der Waals surface area contributed by atoms with Gasteiger partial charge in [-0.3, -0.25) is 10.1 Å². The fourth-order valence-electron chi connectivity index (χ4n) is 1.55. The van der Waals surface area contributed by atoms with Crippen molar-refractivity contribution in [3.05, 3.63) is 62.9 Å². The molecule has 0 radical (unpaired) electrons. The molecular weight excluding hydrogens is 305 g/mol. The fourth-order valence-corrected chi connectivity index (χ4v) is 1.80. The largest absolute Gasteiger partial charge is 0.478 e. The van der Waals surface area contributed by atoms with E-state index in [0.29, 0.717) is 0 Å². The first-order chi connectivity index (χ1) is 9.88. The number of nitro groups is 1. The van der Waals surface area contributed by atoms with Crippen molar-refractivity contribution >= 4 is 23.3 Å². The first kappa shape index (κ1) is 14.7. The molecule has 8 heteroatoms. The van der Waals surface area contributed by atoms with Gasteiger partial charge < -0.3 is 9.84 Å². The zero-order valence-electron chi connectivity index (χ0n) is 10.2. The number of hydrogen-bond acceptors (Lipinski definition) is 4. The van der Waals surface area contributed by atoms with E-state index in [-0.39, 0.29) is 22.1 Å². The summed E-state index contributed by atoms with van der Waals surface area (Å²) in [4.78, 5) is 20.6. The van der Waals surface area contributed by atoms with Crippen molar-refractivity contribution in [1.29, 1.82) is 0 Å². The molecule has 2 aromatic rings. The number of nitrogens with zero attached hydrogens (tertiary/aromatic N) is 1. The number of non-ortho nitro benzene ring substituents is 1. The summed E-state index contributed by atoms with van der Waals surface area (Å²) in [5.74, 6) is -2.24. The van der Waals surface area contributed by atoms with Crippen LogP contribution in [0.4, 0.5) is 10.1 Å². The predicted molar refractivity (Wildman–Crippen MR) is 71.5 cm³/mol. The van der Waals surface area contributed by atoms with Gasteiger partial charge in [0.05, 0.1) is 21.6 Å². The average Bonchev–Trinajstić information content (AvgIpc) is 2.40. The summed E-state index contributed by atoms with van der Waals surface area (Å²) in [5.41, 5.74) is -0.521. The second-order valence-electron chi connectivity index (χ2n) is 3.92. The maximum Gasteiger partial charge on any atom is 0.337 e. The molecule has 0 fully saturated rings. The Kier molecular flexibility index (Phi) is 4.04. The van der Waals surface area contributed by atoms with Gasteiger partial charge in [0.2, 0.25) is 0 Å². The minimum absolute atomic E-state index is 0.0673. The van der Waals surface area contributed by atoms with E-state index in [2.05, 4.69) is 0 Å². The Balaban J connectivity index is 2.28. The van der Waals surface area contributed by atoms with E-state index in [1.807, 2.05) is 0 Å². The fraction of sp³-hybridized carbons (Fsp3) is 0. The van der Waals surface area contributed by atoms with Crippen LogP contribution in [0, 0.1) is 15.9 Å². The molecule has 0 heterocycles. The number of halogens is 2. The van der Waals surface area contributed by atoms with Crippen molar-refractivity contribution in [1.82, 2.24) is 0 Å². The Morgan fingerprint density at radius 3 is 2.52 bits per heavy atom. The molecule has 0 bridgehead atoms. The lowest BCUT2D eigenvalue weighted by Gasteiger charge is -2.08. The Bertz CT molecular complexity index is 734. The van der Waals surface area contributed by atoms with E-state index >= 15 is 0 Å². The molecule has 0 atom stereocenters. The molecule has 2 aromatic carbocycles. The highest BCUT2D eigenvalue weighted by molar-refractivity contribution is 6.33. The average molecular weight is 312 g/mol. The number of carboxylic acids is 1. The lowest BCUT2D eigenvalue weighted by atomic mass is 10.2. The molecule has 0 saturated carbocycles. The summed E-state index contributed by atoms with van der Waals surface area (Å²) < 4.78 is 18.8. The summed E-state index contributed by atoms with van der Waals surface area (Å²) >= 11 is 5.75. The molecule has 6 nitrogen and oxygen atoms in total. The van der Waals surface area contributed by atoms with Crippen LogP contribution in [-0.4, -0.2) is 16.0 Å². The quantitative estimate of drug-likeness (QED) is 0.683. The number of nitro benzene ring substituents is 1. The van der Waals surface area contributed by atoms with Gasteiger partial charge in [0.25, 0.3) is 5.69 Å². The van der Waals surface area contributed by atoms with Gasteiger partial charge in [-0.25, -0.2) is 9.18 Å². The molecule has 0 amide bonds. The maximum atomic E-state index is 13.6. The van der Waals surface area contributed by atoms with Crippen LogP contribution < -0.4 is 4.74 Å². The molecule has 0 aromatic heterocycles. The molecule has 0 aliphatic carbocycles. The van der Waals surface area contributed by atoms with Crippen molar-refractivity contribution in [2.75, 3.05) is 0 Å². The number of aromatic carboxylic acids is 1. The van der Waals surface area contributed by atoms with Crippen LogP contribution in [0.25, 0.3) is 0 Å². The van der Waals surface area contributed by atoms with Gasteiger partial charge in [0, 0.05) is 12.1 Å². The van der Waals surface area contributed by atoms with Crippen LogP contribution >= 0.6 is 11.6 Å². The molecule has 0 saturated heterocycles. The topological polar surface area (TPSA) is 89.7 Å². The van der Waals surface area contributed by atoms with Gasteiger partial charge in [0.1, 0.15) is 5.75 Å². The minimum Gasteiger partial charge on any atom is -0.478 e. The predicted octanol–water partition coefficient (Wildman–Crippen LogP) is 3.88. The van der Waals surface area contributed by atoms with Gasteiger partial charge in [0.15, 0.2) is 11.6 Å². The molecule has 21 heavy (non-hydrogen) atoms. The van der Waals surface area contributed by atoms with Crippen LogP contribution in [0.15, 0.2) is 36.4 Å². The zero-order valence-corrected chi connectivity index (χ0v) is 11.0. The highest BCUT2D eigenvalue weighted by Crippen LogP contribution is 2.30. The standard InChI is InChI=1S/C13H7ClFNO5/c14-10-6-8(2-3-9(10)13(17)18)21-12-4-1-7(16(19)20)5-11(12)15/h1-6H,(H,17,18). The third-order valence-electron chi connectivity index (χ3n) is 2.53. The Hall–Kier alpha value is -2.67. The van der Waals surface area contributed by atoms with E-state index in [1.165, 1.54) is 18.2 Å². The monoisotopic (exact) mass is 311 g/mol. The van der Waals surface area contributed by atoms with Gasteiger partial charge in [-0.05, 0) is 18.2 Å². The molecule has 2 rings (SSSR count). The van der Waals surface area contributed by atoms with Crippen molar-refractivity contribution in [2.24, 2.45) is 0 Å². The second-order valence-corrected chi connectivity index (χ2v) is 4.33. The van der Waals surface area contributed by atoms with Gasteiger partial charge in [-0.2, -0.15) is 0 Å². The van der Waals surface area contributed by atoms with Crippen LogP contribution in [-0.2, 0) is 0 Å². The molecule has 0 aliphatic heterocycles. The normalized spacial score (nSPS) is 10.2. The van der Waals surface area contributed by atoms with E-state index in [9.17, 15) is 19.3 Å². The summed E-state index contributed by atoms with van der Waals surface area (Å²) in [6, 6.07) is 6.64. The van der Waals surface area contributed by atoms with Crippen molar-refractivity contribution in [2.45, 2.75) is 0 Å². The molecule has 108 valence electrons. The number of ether oxygens (including phenoxy) is 1. The van der Waals surface area contributed by atoms with Crippen LogP contribution in [0.1, 0.15) is 10.4 Å². The third kappa shape index (κ3) is 3.26.